The van der Waals surface area contributed by atoms with Gasteiger partial charge in [-0.25, -0.2) is 9.07 Å². The van der Waals surface area contributed by atoms with Gasteiger partial charge in [0.1, 0.15) is 17.6 Å². The summed E-state index contributed by atoms with van der Waals surface area (Å²) in [5.41, 5.74) is 7.73. The first-order valence-electron chi connectivity index (χ1n) is 8.64. The van der Waals surface area contributed by atoms with Gasteiger partial charge in [-0.3, -0.25) is 4.79 Å². The van der Waals surface area contributed by atoms with Crippen LogP contribution in [-0.4, -0.2) is 20.5 Å². The van der Waals surface area contributed by atoms with Crippen LogP contribution in [0.5, 0.6) is 0 Å². The van der Waals surface area contributed by atoms with Gasteiger partial charge in [0.05, 0.1) is 6.26 Å². The van der Waals surface area contributed by atoms with Crippen molar-refractivity contribution in [2.45, 2.75) is 24.8 Å². The molecule has 0 saturated heterocycles. The SMILES string of the molecule is Nc1nc2n(n1)C(c1cccc(F)c1)C1=C(CC(c3ccco3)CC1=O)N2. The van der Waals surface area contributed by atoms with Gasteiger partial charge >= 0.3 is 0 Å². The number of carbonyl (C=O) groups excluding carboxylic acids is 1. The average Bonchev–Trinajstić information content (AvgIpc) is 3.28. The van der Waals surface area contributed by atoms with E-state index in [-0.39, 0.29) is 23.5 Å². The van der Waals surface area contributed by atoms with Gasteiger partial charge in [-0.15, -0.1) is 5.10 Å². The second-order valence-electron chi connectivity index (χ2n) is 6.76. The lowest BCUT2D eigenvalue weighted by atomic mass is 9.79. The Kier molecular flexibility index (Phi) is 3.40. The zero-order valence-electron chi connectivity index (χ0n) is 14.2. The predicted molar refractivity (Wildman–Crippen MR) is 95.3 cm³/mol. The van der Waals surface area contributed by atoms with Crippen LogP contribution in [0, 0.1) is 5.82 Å². The van der Waals surface area contributed by atoms with Gasteiger partial charge in [-0.1, -0.05) is 12.1 Å². The number of nitrogen functional groups attached to an aromatic ring is 1. The minimum Gasteiger partial charge on any atom is -0.469 e. The number of anilines is 2. The molecule has 1 aliphatic carbocycles. The van der Waals surface area contributed by atoms with Crippen molar-refractivity contribution in [1.29, 1.82) is 0 Å². The molecule has 1 aromatic carbocycles. The summed E-state index contributed by atoms with van der Waals surface area (Å²) in [6.07, 6.45) is 2.51. The number of nitrogens with one attached hydrogen (secondary N) is 1. The maximum absolute atomic E-state index is 13.9. The summed E-state index contributed by atoms with van der Waals surface area (Å²) in [5, 5.41) is 7.42. The van der Waals surface area contributed by atoms with Crippen LogP contribution in [0.1, 0.15) is 36.1 Å². The summed E-state index contributed by atoms with van der Waals surface area (Å²) in [7, 11) is 0. The second-order valence-corrected chi connectivity index (χ2v) is 6.76. The maximum atomic E-state index is 13.9. The Hall–Kier alpha value is -3.42. The summed E-state index contributed by atoms with van der Waals surface area (Å²) in [6.45, 7) is 0. The average molecular weight is 365 g/mol. The summed E-state index contributed by atoms with van der Waals surface area (Å²) in [5.74, 6) is 0.838. The summed E-state index contributed by atoms with van der Waals surface area (Å²) < 4.78 is 20.9. The number of ketones is 1. The monoisotopic (exact) mass is 365 g/mol. The summed E-state index contributed by atoms with van der Waals surface area (Å²) in [6, 6.07) is 9.28. The smallest absolute Gasteiger partial charge is 0.241 e. The molecule has 0 fully saturated rings. The van der Waals surface area contributed by atoms with E-state index in [4.69, 9.17) is 10.2 Å². The lowest BCUT2D eigenvalue weighted by Crippen LogP contribution is -2.33. The number of rotatable bonds is 2. The molecule has 3 N–H and O–H groups in total. The van der Waals surface area contributed by atoms with E-state index in [1.165, 1.54) is 12.1 Å². The topological polar surface area (TPSA) is 99.0 Å². The number of aromatic nitrogens is 3. The molecule has 2 unspecified atom stereocenters. The standard InChI is InChI=1S/C19H16FN5O2/c20-12-4-1-3-10(7-12)17-16-13(22-19-23-18(21)24-25(17)19)8-11(9-14(16)26)15-5-2-6-27-15/h1-7,11,17H,8-9H2,(H3,21,22,23,24). The molecule has 1 aliphatic heterocycles. The zero-order chi connectivity index (χ0) is 18.5. The highest BCUT2D eigenvalue weighted by atomic mass is 19.1. The third-order valence-electron chi connectivity index (χ3n) is 5.05. The number of nitrogens with zero attached hydrogens (tertiary/aromatic N) is 3. The zero-order valence-corrected chi connectivity index (χ0v) is 14.2. The van der Waals surface area contributed by atoms with Crippen molar-refractivity contribution in [3.8, 4) is 0 Å². The van der Waals surface area contributed by atoms with E-state index < -0.39 is 6.04 Å². The van der Waals surface area contributed by atoms with Crippen molar-refractivity contribution in [2.75, 3.05) is 11.1 Å². The number of hydrogen-bond acceptors (Lipinski definition) is 6. The van der Waals surface area contributed by atoms with Gasteiger partial charge in [-0.2, -0.15) is 4.98 Å². The van der Waals surface area contributed by atoms with Gasteiger partial charge in [0.2, 0.25) is 11.9 Å². The van der Waals surface area contributed by atoms with Gasteiger partial charge in [0, 0.05) is 23.6 Å². The highest BCUT2D eigenvalue weighted by Crippen LogP contribution is 2.44. The van der Waals surface area contributed by atoms with Gasteiger partial charge in [0.25, 0.3) is 0 Å². The maximum Gasteiger partial charge on any atom is 0.241 e. The lowest BCUT2D eigenvalue weighted by Gasteiger charge is -2.34. The number of allylic oxidation sites excluding steroid dienone is 2. The van der Waals surface area contributed by atoms with Crippen molar-refractivity contribution in [1.82, 2.24) is 14.8 Å². The van der Waals surface area contributed by atoms with E-state index >= 15 is 0 Å². The van der Waals surface area contributed by atoms with Gasteiger partial charge in [-0.05, 0) is 36.2 Å². The highest BCUT2D eigenvalue weighted by Gasteiger charge is 2.40. The number of benzene rings is 1. The molecule has 7 nitrogen and oxygen atoms in total. The molecule has 2 aromatic heterocycles. The minimum atomic E-state index is -0.568. The summed E-state index contributed by atoms with van der Waals surface area (Å²) in [4.78, 5) is 17.3. The Balaban J connectivity index is 1.65. The van der Waals surface area contributed by atoms with Crippen molar-refractivity contribution in [3.63, 3.8) is 0 Å². The fraction of sp³-hybridized carbons (Fsp3) is 0.211. The molecule has 0 saturated carbocycles. The molecule has 8 heteroatoms. The van der Waals surface area contributed by atoms with Crippen LogP contribution in [0.2, 0.25) is 0 Å². The third-order valence-corrected chi connectivity index (χ3v) is 5.05. The van der Waals surface area contributed by atoms with Crippen molar-refractivity contribution in [2.24, 2.45) is 0 Å². The van der Waals surface area contributed by atoms with Gasteiger partial charge < -0.3 is 15.5 Å². The van der Waals surface area contributed by atoms with Crippen molar-refractivity contribution in [3.05, 3.63) is 71.1 Å². The molecular formula is C19H16FN5O2. The van der Waals surface area contributed by atoms with E-state index in [1.54, 1.807) is 23.1 Å². The van der Waals surface area contributed by atoms with Crippen LogP contribution in [0.25, 0.3) is 0 Å². The number of nitrogens with two attached hydrogens (primary N) is 1. The van der Waals surface area contributed by atoms with Gasteiger partial charge in [0.15, 0.2) is 5.78 Å². The molecule has 0 bridgehead atoms. The molecule has 2 aliphatic rings. The number of carbonyl (C=O) groups is 1. The molecule has 5 rings (SSSR count). The summed E-state index contributed by atoms with van der Waals surface area (Å²) >= 11 is 0. The Bertz CT molecular complexity index is 1070. The second kappa shape index (κ2) is 5.80. The molecule has 3 aromatic rings. The lowest BCUT2D eigenvalue weighted by molar-refractivity contribution is -0.117. The van der Waals surface area contributed by atoms with E-state index in [0.29, 0.717) is 29.9 Å². The molecule has 0 radical (unpaired) electrons. The van der Waals surface area contributed by atoms with Crippen LogP contribution in [0.3, 0.4) is 0 Å². The fourth-order valence-electron chi connectivity index (χ4n) is 3.94. The Labute approximate surface area is 153 Å². The van der Waals surface area contributed by atoms with Crippen molar-refractivity contribution < 1.29 is 13.6 Å². The van der Waals surface area contributed by atoms with E-state index in [2.05, 4.69) is 15.4 Å². The first-order valence-corrected chi connectivity index (χ1v) is 8.64. The largest absolute Gasteiger partial charge is 0.469 e. The molecule has 27 heavy (non-hydrogen) atoms. The van der Waals surface area contributed by atoms with Crippen molar-refractivity contribution >= 4 is 17.7 Å². The highest BCUT2D eigenvalue weighted by molar-refractivity contribution is 6.00. The Morgan fingerprint density at radius 3 is 2.93 bits per heavy atom. The molecular weight excluding hydrogens is 349 g/mol. The van der Waals surface area contributed by atoms with Crippen LogP contribution in [0.4, 0.5) is 16.3 Å². The number of furan rings is 1. The molecule has 0 amide bonds. The molecule has 2 atom stereocenters. The minimum absolute atomic E-state index is 0.0286. The number of fused-ring (bicyclic) bond motifs is 1. The van der Waals surface area contributed by atoms with Crippen LogP contribution < -0.4 is 11.1 Å². The quantitative estimate of drug-likeness (QED) is 0.724. The van der Waals surface area contributed by atoms with E-state index in [1.807, 2.05) is 12.1 Å². The Morgan fingerprint density at radius 1 is 1.26 bits per heavy atom. The predicted octanol–water partition coefficient (Wildman–Crippen LogP) is 3.01. The number of hydrogen-bond donors (Lipinski definition) is 2. The van der Waals surface area contributed by atoms with Crippen LogP contribution in [-0.2, 0) is 4.79 Å². The van der Waals surface area contributed by atoms with E-state index in [9.17, 15) is 9.18 Å². The number of Topliss-reactive ketones (excluding diaryl/α,β-unsaturated/α-hetero) is 1. The van der Waals surface area contributed by atoms with E-state index in [0.717, 1.165) is 11.5 Å². The first-order chi connectivity index (χ1) is 13.1. The number of halogens is 1. The normalized spacial score (nSPS) is 21.6. The Morgan fingerprint density at radius 2 is 2.15 bits per heavy atom. The van der Waals surface area contributed by atoms with Crippen LogP contribution in [0.15, 0.2) is 58.3 Å². The molecule has 136 valence electrons. The fourth-order valence-corrected chi connectivity index (χ4v) is 3.94. The molecule has 0 spiro atoms. The molecule has 3 heterocycles. The van der Waals surface area contributed by atoms with Crippen LogP contribution >= 0.6 is 0 Å². The first kappa shape index (κ1) is 15.8. The third kappa shape index (κ3) is 2.52.